The fourth-order valence-electron chi connectivity index (χ4n) is 0.717. The number of isothiocyanates is 1. The molecule has 0 aliphatic carbocycles. The lowest BCUT2D eigenvalue weighted by atomic mass is 10.2. The summed E-state index contributed by atoms with van der Waals surface area (Å²) in [5.41, 5.74) is 0.361. The summed E-state index contributed by atoms with van der Waals surface area (Å²) in [5.74, 6) is -0.594. The van der Waals surface area contributed by atoms with E-state index in [9.17, 15) is 4.39 Å². The molecule has 0 unspecified atom stereocenters. The third kappa shape index (κ3) is 1.73. The summed E-state index contributed by atoms with van der Waals surface area (Å²) in [6.07, 6.45) is 0. The van der Waals surface area contributed by atoms with Crippen LogP contribution in [0.25, 0.3) is 0 Å². The van der Waals surface area contributed by atoms with Crippen molar-refractivity contribution < 1.29 is 4.39 Å². The first-order valence-electron chi connectivity index (χ1n) is 3.05. The standard InChI is InChI=1S/C8H3FN2S/c9-8-3-7(11-5-12)2-1-6(8)4-10/h1-3H. The number of aliphatic imine (C=N–C) groups is 1. The Hall–Kier alpha value is -1.56. The maximum absolute atomic E-state index is 12.8. The number of hydrogen-bond acceptors (Lipinski definition) is 3. The highest BCUT2D eigenvalue weighted by Gasteiger charge is 2.00. The molecule has 0 spiro atoms. The van der Waals surface area contributed by atoms with Crippen molar-refractivity contribution in [2.45, 2.75) is 0 Å². The van der Waals surface area contributed by atoms with Gasteiger partial charge < -0.3 is 0 Å². The van der Waals surface area contributed by atoms with E-state index in [2.05, 4.69) is 22.4 Å². The second kappa shape index (κ2) is 3.72. The van der Waals surface area contributed by atoms with Crippen molar-refractivity contribution in [1.29, 1.82) is 5.26 Å². The number of nitriles is 1. The van der Waals surface area contributed by atoms with Gasteiger partial charge >= 0.3 is 0 Å². The molecule has 0 bridgehead atoms. The van der Waals surface area contributed by atoms with E-state index in [-0.39, 0.29) is 5.56 Å². The molecule has 0 fully saturated rings. The Balaban J connectivity index is 3.20. The molecule has 1 rings (SSSR count). The number of nitrogens with zero attached hydrogens (tertiary/aromatic N) is 2. The van der Waals surface area contributed by atoms with Crippen molar-refractivity contribution in [2.75, 3.05) is 0 Å². The molecule has 0 atom stereocenters. The summed E-state index contributed by atoms with van der Waals surface area (Å²) >= 11 is 4.33. The van der Waals surface area contributed by atoms with E-state index in [1.54, 1.807) is 6.07 Å². The van der Waals surface area contributed by atoms with E-state index < -0.39 is 5.82 Å². The summed E-state index contributed by atoms with van der Waals surface area (Å²) < 4.78 is 12.8. The van der Waals surface area contributed by atoms with Crippen LogP contribution in [0.2, 0.25) is 0 Å². The number of thiocarbonyl (C=S) groups is 1. The van der Waals surface area contributed by atoms with Crippen LogP contribution in [0.5, 0.6) is 0 Å². The topological polar surface area (TPSA) is 36.1 Å². The van der Waals surface area contributed by atoms with Gasteiger partial charge in [-0.15, -0.1) is 0 Å². The van der Waals surface area contributed by atoms with Gasteiger partial charge in [0.25, 0.3) is 0 Å². The summed E-state index contributed by atoms with van der Waals surface area (Å²) in [6.45, 7) is 0. The lowest BCUT2D eigenvalue weighted by Crippen LogP contribution is -1.80. The molecule has 1 aromatic rings. The van der Waals surface area contributed by atoms with Crippen LogP contribution in [0.15, 0.2) is 23.2 Å². The molecular formula is C8H3FN2S. The minimum atomic E-state index is -0.594. The Kier molecular flexibility index (Phi) is 2.65. The molecule has 0 amide bonds. The van der Waals surface area contributed by atoms with Gasteiger partial charge in [0, 0.05) is 6.07 Å². The molecular weight excluding hydrogens is 175 g/mol. The molecule has 4 heteroatoms. The van der Waals surface area contributed by atoms with E-state index in [0.717, 1.165) is 6.07 Å². The van der Waals surface area contributed by atoms with Crippen molar-refractivity contribution in [1.82, 2.24) is 0 Å². The highest BCUT2D eigenvalue weighted by atomic mass is 32.1. The molecule has 2 nitrogen and oxygen atoms in total. The minimum absolute atomic E-state index is 0.00156. The first-order valence-corrected chi connectivity index (χ1v) is 3.46. The average Bonchev–Trinajstić information content (AvgIpc) is 2.05. The Labute approximate surface area is 74.0 Å². The second-order valence-corrected chi connectivity index (χ2v) is 2.16. The summed E-state index contributed by atoms with van der Waals surface area (Å²) in [6, 6.07) is 5.69. The molecule has 0 aliphatic rings. The monoisotopic (exact) mass is 178 g/mol. The summed E-state index contributed by atoms with van der Waals surface area (Å²) in [7, 11) is 0. The van der Waals surface area contributed by atoms with Gasteiger partial charge in [-0.2, -0.15) is 10.3 Å². The van der Waals surface area contributed by atoms with Crippen LogP contribution >= 0.6 is 12.2 Å². The molecule has 0 saturated carbocycles. The number of hydrogen-bond donors (Lipinski definition) is 0. The van der Waals surface area contributed by atoms with E-state index in [1.807, 2.05) is 0 Å². The molecule has 1 aromatic carbocycles. The van der Waals surface area contributed by atoms with Gasteiger partial charge in [0.1, 0.15) is 11.9 Å². The van der Waals surface area contributed by atoms with Crippen LogP contribution in [-0.4, -0.2) is 5.16 Å². The molecule has 0 aromatic heterocycles. The molecule has 0 saturated heterocycles. The van der Waals surface area contributed by atoms with Gasteiger partial charge in [-0.25, -0.2) is 4.39 Å². The highest BCUT2D eigenvalue weighted by Crippen LogP contribution is 2.15. The van der Waals surface area contributed by atoms with Crippen LogP contribution in [0.1, 0.15) is 5.56 Å². The van der Waals surface area contributed by atoms with Crippen LogP contribution < -0.4 is 0 Å². The molecule has 0 N–H and O–H groups in total. The molecule has 0 aliphatic heterocycles. The zero-order valence-electron chi connectivity index (χ0n) is 5.91. The van der Waals surface area contributed by atoms with Crippen molar-refractivity contribution in [2.24, 2.45) is 4.99 Å². The maximum Gasteiger partial charge on any atom is 0.143 e. The van der Waals surface area contributed by atoms with Crippen molar-refractivity contribution in [3.63, 3.8) is 0 Å². The molecule has 12 heavy (non-hydrogen) atoms. The van der Waals surface area contributed by atoms with E-state index in [4.69, 9.17) is 5.26 Å². The quantitative estimate of drug-likeness (QED) is 0.489. The van der Waals surface area contributed by atoms with Gasteiger partial charge in [0.15, 0.2) is 0 Å². The zero-order chi connectivity index (χ0) is 8.97. The third-order valence-electron chi connectivity index (χ3n) is 1.25. The van der Waals surface area contributed by atoms with Crippen molar-refractivity contribution in [3.05, 3.63) is 29.6 Å². The Morgan fingerprint density at radius 3 is 2.75 bits per heavy atom. The van der Waals surface area contributed by atoms with Gasteiger partial charge in [-0.3, -0.25) is 0 Å². The SMILES string of the molecule is N#Cc1ccc(N=C=S)cc1F. The molecule has 0 heterocycles. The largest absolute Gasteiger partial charge is 0.205 e. The van der Waals surface area contributed by atoms with Gasteiger partial charge in [-0.05, 0) is 24.4 Å². The van der Waals surface area contributed by atoms with E-state index >= 15 is 0 Å². The van der Waals surface area contributed by atoms with E-state index in [1.165, 1.54) is 12.1 Å². The first-order chi connectivity index (χ1) is 5.77. The third-order valence-corrected chi connectivity index (χ3v) is 1.34. The smallest absolute Gasteiger partial charge is 0.143 e. The predicted molar refractivity (Wildman–Crippen MR) is 45.8 cm³/mol. The first kappa shape index (κ1) is 8.54. The average molecular weight is 178 g/mol. The lowest BCUT2D eigenvalue weighted by molar-refractivity contribution is 0.624. The van der Waals surface area contributed by atoms with Crippen molar-refractivity contribution >= 4 is 23.1 Å². The fourth-order valence-corrected chi connectivity index (χ4v) is 0.822. The Bertz CT molecular complexity index is 389. The van der Waals surface area contributed by atoms with Crippen LogP contribution in [0.4, 0.5) is 10.1 Å². The second-order valence-electron chi connectivity index (χ2n) is 1.98. The van der Waals surface area contributed by atoms with Crippen molar-refractivity contribution in [3.8, 4) is 6.07 Å². The number of rotatable bonds is 1. The van der Waals surface area contributed by atoms with Crippen LogP contribution in [-0.2, 0) is 0 Å². The van der Waals surface area contributed by atoms with E-state index in [0.29, 0.717) is 5.69 Å². The molecule has 58 valence electrons. The van der Waals surface area contributed by atoms with Gasteiger partial charge in [0.2, 0.25) is 0 Å². The normalized spacial score (nSPS) is 8.33. The van der Waals surface area contributed by atoms with Crippen LogP contribution in [0, 0.1) is 17.1 Å². The Morgan fingerprint density at radius 1 is 1.50 bits per heavy atom. The van der Waals surface area contributed by atoms with Gasteiger partial charge in [0.05, 0.1) is 16.4 Å². The molecule has 0 radical (unpaired) electrons. The van der Waals surface area contributed by atoms with Gasteiger partial charge in [-0.1, -0.05) is 0 Å². The Morgan fingerprint density at radius 2 is 2.25 bits per heavy atom. The highest BCUT2D eigenvalue weighted by molar-refractivity contribution is 7.78. The number of benzene rings is 1. The summed E-state index contributed by atoms with van der Waals surface area (Å²) in [5, 5.41) is 10.5. The number of halogens is 1. The lowest BCUT2D eigenvalue weighted by Gasteiger charge is -1.92. The predicted octanol–water partition coefficient (Wildman–Crippen LogP) is 2.43. The minimum Gasteiger partial charge on any atom is -0.205 e. The zero-order valence-corrected chi connectivity index (χ0v) is 6.73. The maximum atomic E-state index is 12.8. The summed E-state index contributed by atoms with van der Waals surface area (Å²) in [4.78, 5) is 3.56. The van der Waals surface area contributed by atoms with Crippen LogP contribution in [0.3, 0.4) is 0 Å². The fraction of sp³-hybridized carbons (Fsp3) is 0.